The third kappa shape index (κ3) is 6.46. The fourth-order valence-electron chi connectivity index (χ4n) is 2.74. The lowest BCUT2D eigenvalue weighted by atomic mass is 10.1. The monoisotopic (exact) mass is 389 g/mol. The third-order valence-electron chi connectivity index (χ3n) is 4.47. The second kappa shape index (κ2) is 9.64. The molecule has 0 saturated heterocycles. The number of carbonyl (C=O) groups is 1. The van der Waals surface area contributed by atoms with Crippen molar-refractivity contribution in [3.05, 3.63) is 65.2 Å². The molecule has 27 heavy (non-hydrogen) atoms. The number of hydrogen-bond acceptors (Lipinski definition) is 4. The summed E-state index contributed by atoms with van der Waals surface area (Å²) in [6.07, 6.45) is 0.608. The van der Waals surface area contributed by atoms with Crippen molar-refractivity contribution in [1.82, 2.24) is 10.2 Å². The summed E-state index contributed by atoms with van der Waals surface area (Å²) >= 11 is 0. The molecule has 146 valence electrons. The zero-order valence-corrected chi connectivity index (χ0v) is 16.6. The Morgan fingerprint density at radius 2 is 1.52 bits per heavy atom. The number of amides is 1. The molecule has 1 amide bonds. The van der Waals surface area contributed by atoms with E-state index in [1.807, 2.05) is 24.3 Å². The third-order valence-corrected chi connectivity index (χ3v) is 5.40. The van der Waals surface area contributed by atoms with Crippen LogP contribution in [-0.2, 0) is 23.0 Å². The smallest absolute Gasteiger partial charge is 0.251 e. The van der Waals surface area contributed by atoms with Gasteiger partial charge in [-0.1, -0.05) is 38.1 Å². The molecule has 0 aliphatic rings. The lowest BCUT2D eigenvalue weighted by molar-refractivity contribution is 0.0954. The Labute approximate surface area is 161 Å². The van der Waals surface area contributed by atoms with Crippen molar-refractivity contribution in [3.63, 3.8) is 0 Å². The summed E-state index contributed by atoms with van der Waals surface area (Å²) in [5.41, 5.74) is 2.74. The van der Waals surface area contributed by atoms with E-state index in [0.29, 0.717) is 18.5 Å². The van der Waals surface area contributed by atoms with Gasteiger partial charge in [-0.15, -0.1) is 0 Å². The van der Waals surface area contributed by atoms with Crippen molar-refractivity contribution in [2.75, 3.05) is 19.6 Å². The fraction of sp³-hybridized carbons (Fsp3) is 0.350. The van der Waals surface area contributed by atoms with Crippen molar-refractivity contribution in [3.8, 4) is 0 Å². The molecule has 0 radical (unpaired) electrons. The van der Waals surface area contributed by atoms with E-state index < -0.39 is 10.0 Å². The van der Waals surface area contributed by atoms with Gasteiger partial charge in [-0.3, -0.25) is 9.69 Å². The Balaban J connectivity index is 1.85. The SMILES string of the molecule is CCN(CC)Cc1ccc(C(=O)NCCc2ccc(S(N)(=O)=O)cc2)cc1. The number of benzene rings is 2. The van der Waals surface area contributed by atoms with Crippen molar-refractivity contribution in [1.29, 1.82) is 0 Å². The molecule has 0 unspecified atom stereocenters. The normalized spacial score (nSPS) is 11.6. The molecule has 7 heteroatoms. The van der Waals surface area contributed by atoms with E-state index >= 15 is 0 Å². The van der Waals surface area contributed by atoms with Gasteiger partial charge in [0.2, 0.25) is 10.0 Å². The number of nitrogens with zero attached hydrogens (tertiary/aromatic N) is 1. The minimum atomic E-state index is -3.68. The first-order chi connectivity index (χ1) is 12.8. The molecular weight excluding hydrogens is 362 g/mol. The van der Waals surface area contributed by atoms with E-state index in [-0.39, 0.29) is 10.8 Å². The molecular formula is C20H27N3O3S. The van der Waals surface area contributed by atoms with Gasteiger partial charge >= 0.3 is 0 Å². The average Bonchev–Trinajstić information content (AvgIpc) is 2.66. The second-order valence-electron chi connectivity index (χ2n) is 6.35. The molecule has 0 bridgehead atoms. The van der Waals surface area contributed by atoms with Crippen LogP contribution in [0.5, 0.6) is 0 Å². The minimum absolute atomic E-state index is 0.0834. The van der Waals surface area contributed by atoms with Crippen LogP contribution in [0.2, 0.25) is 0 Å². The molecule has 3 N–H and O–H groups in total. The second-order valence-corrected chi connectivity index (χ2v) is 7.91. The quantitative estimate of drug-likeness (QED) is 0.687. The van der Waals surface area contributed by atoms with Crippen LogP contribution >= 0.6 is 0 Å². The molecule has 6 nitrogen and oxygen atoms in total. The number of nitrogens with one attached hydrogen (secondary N) is 1. The molecule has 2 aromatic carbocycles. The van der Waals surface area contributed by atoms with E-state index in [1.54, 1.807) is 12.1 Å². The first-order valence-corrected chi connectivity index (χ1v) is 10.6. The highest BCUT2D eigenvalue weighted by molar-refractivity contribution is 7.89. The molecule has 0 heterocycles. The summed E-state index contributed by atoms with van der Waals surface area (Å²) in [7, 11) is -3.68. The highest BCUT2D eigenvalue weighted by Gasteiger charge is 2.08. The number of primary sulfonamides is 1. The standard InChI is InChI=1S/C20H27N3O3S/c1-3-23(4-2)15-17-5-9-18(10-6-17)20(24)22-14-13-16-7-11-19(12-8-16)27(21,25)26/h5-12H,3-4,13-15H2,1-2H3,(H,22,24)(H2,21,25,26). The van der Waals surface area contributed by atoms with Gasteiger partial charge in [0, 0.05) is 18.7 Å². The lowest BCUT2D eigenvalue weighted by Gasteiger charge is -2.18. The summed E-state index contributed by atoms with van der Waals surface area (Å²) in [6.45, 7) is 7.60. The van der Waals surface area contributed by atoms with Gasteiger partial charge in [-0.25, -0.2) is 13.6 Å². The summed E-state index contributed by atoms with van der Waals surface area (Å²) in [4.78, 5) is 14.6. The predicted octanol–water partition coefficient (Wildman–Crippen LogP) is 2.15. The molecule has 0 aliphatic heterocycles. The van der Waals surface area contributed by atoms with Crippen molar-refractivity contribution in [2.24, 2.45) is 5.14 Å². The van der Waals surface area contributed by atoms with E-state index in [0.717, 1.165) is 25.2 Å². The van der Waals surface area contributed by atoms with E-state index in [4.69, 9.17) is 5.14 Å². The maximum Gasteiger partial charge on any atom is 0.251 e. The van der Waals surface area contributed by atoms with Crippen LogP contribution in [0.15, 0.2) is 53.4 Å². The summed E-state index contributed by atoms with van der Waals surface area (Å²) in [5.74, 6) is -0.120. The Morgan fingerprint density at radius 1 is 0.963 bits per heavy atom. The number of nitrogens with two attached hydrogens (primary N) is 1. The molecule has 0 atom stereocenters. The van der Waals surface area contributed by atoms with Gasteiger partial charge in [0.15, 0.2) is 0 Å². The Kier molecular flexibility index (Phi) is 7.53. The largest absolute Gasteiger partial charge is 0.352 e. The average molecular weight is 390 g/mol. The van der Waals surface area contributed by atoms with Crippen LogP contribution in [0.1, 0.15) is 35.3 Å². The number of carbonyl (C=O) groups excluding carboxylic acids is 1. The van der Waals surface area contributed by atoms with Crippen LogP contribution in [0.25, 0.3) is 0 Å². The van der Waals surface area contributed by atoms with Crippen LogP contribution in [-0.4, -0.2) is 38.9 Å². The molecule has 0 saturated carbocycles. The first kappa shape index (κ1) is 21.1. The van der Waals surface area contributed by atoms with Crippen molar-refractivity contribution < 1.29 is 13.2 Å². The highest BCUT2D eigenvalue weighted by Crippen LogP contribution is 2.10. The van der Waals surface area contributed by atoms with Gasteiger partial charge in [-0.05, 0) is 54.9 Å². The molecule has 2 aromatic rings. The minimum Gasteiger partial charge on any atom is -0.352 e. The van der Waals surface area contributed by atoms with Crippen LogP contribution in [0.3, 0.4) is 0 Å². The summed E-state index contributed by atoms with van der Waals surface area (Å²) in [5, 5.41) is 7.96. The van der Waals surface area contributed by atoms with Crippen molar-refractivity contribution in [2.45, 2.75) is 31.7 Å². The summed E-state index contributed by atoms with van der Waals surface area (Å²) in [6, 6.07) is 14.0. The van der Waals surface area contributed by atoms with Crippen molar-refractivity contribution >= 4 is 15.9 Å². The first-order valence-electron chi connectivity index (χ1n) is 9.04. The summed E-state index contributed by atoms with van der Waals surface area (Å²) < 4.78 is 22.5. The van der Waals surface area contributed by atoms with Gasteiger partial charge in [0.05, 0.1) is 4.90 Å². The maximum absolute atomic E-state index is 12.2. The number of hydrogen-bond donors (Lipinski definition) is 2. The van der Waals surface area contributed by atoms with Gasteiger partial charge in [0.1, 0.15) is 0 Å². The lowest BCUT2D eigenvalue weighted by Crippen LogP contribution is -2.26. The number of rotatable bonds is 9. The maximum atomic E-state index is 12.2. The molecule has 0 fully saturated rings. The van der Waals surface area contributed by atoms with Gasteiger partial charge in [-0.2, -0.15) is 0 Å². The zero-order chi connectivity index (χ0) is 19.9. The van der Waals surface area contributed by atoms with Crippen LogP contribution in [0.4, 0.5) is 0 Å². The zero-order valence-electron chi connectivity index (χ0n) is 15.8. The Morgan fingerprint density at radius 3 is 2.04 bits per heavy atom. The molecule has 0 aliphatic carbocycles. The fourth-order valence-corrected chi connectivity index (χ4v) is 3.25. The van der Waals surface area contributed by atoms with Gasteiger partial charge < -0.3 is 5.32 Å². The van der Waals surface area contributed by atoms with Gasteiger partial charge in [0.25, 0.3) is 5.91 Å². The van der Waals surface area contributed by atoms with E-state index in [9.17, 15) is 13.2 Å². The topological polar surface area (TPSA) is 92.5 Å². The van der Waals surface area contributed by atoms with Crippen LogP contribution in [0, 0.1) is 0 Å². The Bertz CT molecular complexity index is 843. The number of sulfonamides is 1. The van der Waals surface area contributed by atoms with E-state index in [1.165, 1.54) is 17.7 Å². The molecule has 0 aromatic heterocycles. The van der Waals surface area contributed by atoms with E-state index in [2.05, 4.69) is 24.1 Å². The predicted molar refractivity (Wildman–Crippen MR) is 107 cm³/mol. The molecule has 2 rings (SSSR count). The van der Waals surface area contributed by atoms with Crippen LogP contribution < -0.4 is 10.5 Å². The Hall–Kier alpha value is -2.22. The highest BCUT2D eigenvalue weighted by atomic mass is 32.2. The molecule has 0 spiro atoms.